The molecule has 0 unspecified atom stereocenters. The number of nitrogens with zero attached hydrogens (tertiary/aromatic N) is 2. The van der Waals surface area contributed by atoms with Gasteiger partial charge in [0, 0.05) is 17.1 Å². The van der Waals surface area contributed by atoms with Gasteiger partial charge in [-0.3, -0.25) is 4.68 Å². The molecule has 26 heavy (non-hydrogen) atoms. The van der Waals surface area contributed by atoms with Gasteiger partial charge in [-0.15, -0.1) is 0 Å². The van der Waals surface area contributed by atoms with Crippen molar-refractivity contribution in [1.29, 1.82) is 0 Å². The van der Waals surface area contributed by atoms with Crippen LogP contribution in [0.3, 0.4) is 0 Å². The molecule has 2 heterocycles. The van der Waals surface area contributed by atoms with Gasteiger partial charge in [0.2, 0.25) is 0 Å². The van der Waals surface area contributed by atoms with Gasteiger partial charge in [-0.1, -0.05) is 41.9 Å². The topological polar surface area (TPSA) is 44.1 Å². The molecule has 4 rings (SSSR count). The lowest BCUT2D eigenvalue weighted by atomic mass is 10.0. The van der Waals surface area contributed by atoms with Crippen LogP contribution in [0, 0.1) is 5.82 Å². The first-order valence-corrected chi connectivity index (χ1v) is 8.77. The molecule has 0 radical (unpaired) electrons. The summed E-state index contributed by atoms with van der Waals surface area (Å²) >= 11 is 6.02. The standard InChI is InChI=1S/C20H16ClFN2O2/c21-14-8-9-16(22)15(11-14)19-18(17-7-4-10-24(17)23-19)20(25)26-12-13-5-2-1-3-6-13/h1-3,5-6,8-9,11H,4,7,10,12H2. The van der Waals surface area contributed by atoms with Crippen LogP contribution in [0.25, 0.3) is 11.3 Å². The Hall–Kier alpha value is -2.66. The minimum atomic E-state index is -0.494. The van der Waals surface area contributed by atoms with Crippen LogP contribution in [-0.4, -0.2) is 15.7 Å². The van der Waals surface area contributed by atoms with Gasteiger partial charge in [-0.25, -0.2) is 9.18 Å². The first-order valence-electron chi connectivity index (χ1n) is 8.39. The second-order valence-electron chi connectivity index (χ2n) is 6.18. The van der Waals surface area contributed by atoms with Crippen molar-refractivity contribution in [3.05, 3.63) is 76.2 Å². The normalized spacial score (nSPS) is 12.8. The molecule has 0 saturated carbocycles. The minimum absolute atomic E-state index is 0.155. The molecule has 2 aromatic carbocycles. The smallest absolute Gasteiger partial charge is 0.342 e. The highest BCUT2D eigenvalue weighted by atomic mass is 35.5. The van der Waals surface area contributed by atoms with Crippen molar-refractivity contribution in [3.63, 3.8) is 0 Å². The van der Waals surface area contributed by atoms with Gasteiger partial charge in [-0.2, -0.15) is 5.10 Å². The van der Waals surface area contributed by atoms with E-state index in [1.807, 2.05) is 30.3 Å². The largest absolute Gasteiger partial charge is 0.457 e. The molecule has 0 amide bonds. The Balaban J connectivity index is 1.71. The average Bonchev–Trinajstić information content (AvgIpc) is 3.23. The Kier molecular flexibility index (Phi) is 4.47. The number of rotatable bonds is 4. The summed E-state index contributed by atoms with van der Waals surface area (Å²) in [4.78, 5) is 12.8. The zero-order valence-corrected chi connectivity index (χ0v) is 14.7. The third kappa shape index (κ3) is 3.10. The Labute approximate surface area is 155 Å². The van der Waals surface area contributed by atoms with Gasteiger partial charge < -0.3 is 4.74 Å². The average molecular weight is 371 g/mol. The number of hydrogen-bond donors (Lipinski definition) is 0. The number of fused-ring (bicyclic) bond motifs is 1. The molecule has 0 fully saturated rings. The van der Waals surface area contributed by atoms with Gasteiger partial charge in [0.05, 0.1) is 5.69 Å². The summed E-state index contributed by atoms with van der Waals surface area (Å²) in [6.07, 6.45) is 1.62. The van der Waals surface area contributed by atoms with E-state index in [2.05, 4.69) is 5.10 Å². The molecular formula is C20H16ClFN2O2. The van der Waals surface area contributed by atoms with E-state index >= 15 is 0 Å². The molecule has 0 spiro atoms. The summed E-state index contributed by atoms with van der Waals surface area (Å²) in [5, 5.41) is 4.84. The van der Waals surface area contributed by atoms with Gasteiger partial charge in [0.1, 0.15) is 23.7 Å². The lowest BCUT2D eigenvalue weighted by molar-refractivity contribution is 0.0472. The summed E-state index contributed by atoms with van der Waals surface area (Å²) in [6.45, 7) is 0.859. The summed E-state index contributed by atoms with van der Waals surface area (Å²) in [6, 6.07) is 13.7. The molecule has 1 aromatic heterocycles. The van der Waals surface area contributed by atoms with Gasteiger partial charge in [0.15, 0.2) is 0 Å². The van der Waals surface area contributed by atoms with Crippen LogP contribution in [0.2, 0.25) is 5.02 Å². The van der Waals surface area contributed by atoms with Crippen molar-refractivity contribution < 1.29 is 13.9 Å². The molecule has 3 aromatic rings. The molecule has 0 saturated heterocycles. The zero-order chi connectivity index (χ0) is 18.1. The Morgan fingerprint density at radius 1 is 1.23 bits per heavy atom. The summed E-state index contributed by atoms with van der Waals surface area (Å²) in [5.41, 5.74) is 2.51. The van der Waals surface area contributed by atoms with E-state index in [1.165, 1.54) is 18.2 Å². The number of benzene rings is 2. The number of hydrogen-bond acceptors (Lipinski definition) is 3. The van der Waals surface area contributed by atoms with Crippen LogP contribution < -0.4 is 0 Å². The molecule has 1 aliphatic heterocycles. The van der Waals surface area contributed by atoms with Crippen LogP contribution in [0.1, 0.15) is 28.0 Å². The van der Waals surface area contributed by atoms with E-state index in [0.717, 1.165) is 17.7 Å². The van der Waals surface area contributed by atoms with Gasteiger partial charge >= 0.3 is 5.97 Å². The number of carbonyl (C=O) groups excluding carboxylic acids is 1. The minimum Gasteiger partial charge on any atom is -0.457 e. The maximum absolute atomic E-state index is 14.4. The maximum atomic E-state index is 14.4. The number of aryl methyl sites for hydroxylation is 1. The third-order valence-electron chi connectivity index (χ3n) is 4.44. The quantitative estimate of drug-likeness (QED) is 0.628. The van der Waals surface area contributed by atoms with Crippen LogP contribution in [0.5, 0.6) is 0 Å². The van der Waals surface area contributed by atoms with Crippen molar-refractivity contribution in [2.45, 2.75) is 26.0 Å². The highest BCUT2D eigenvalue weighted by molar-refractivity contribution is 6.30. The lowest BCUT2D eigenvalue weighted by Gasteiger charge is -2.08. The van der Waals surface area contributed by atoms with Crippen LogP contribution in [0.4, 0.5) is 4.39 Å². The first kappa shape index (κ1) is 16.8. The van der Waals surface area contributed by atoms with E-state index in [-0.39, 0.29) is 17.9 Å². The third-order valence-corrected chi connectivity index (χ3v) is 4.68. The molecule has 1 aliphatic rings. The lowest BCUT2D eigenvalue weighted by Crippen LogP contribution is -2.08. The molecule has 132 valence electrons. The molecule has 0 aliphatic carbocycles. The fourth-order valence-electron chi connectivity index (χ4n) is 3.21. The van der Waals surface area contributed by atoms with E-state index in [9.17, 15) is 9.18 Å². The molecular weight excluding hydrogens is 355 g/mol. The van der Waals surface area contributed by atoms with Crippen LogP contribution in [-0.2, 0) is 24.3 Å². The number of esters is 1. The maximum Gasteiger partial charge on any atom is 0.342 e. The number of aromatic nitrogens is 2. The first-order chi connectivity index (χ1) is 12.6. The summed E-state index contributed by atoms with van der Waals surface area (Å²) in [7, 11) is 0. The van der Waals surface area contributed by atoms with Crippen LogP contribution >= 0.6 is 11.6 Å². The van der Waals surface area contributed by atoms with Crippen LogP contribution in [0.15, 0.2) is 48.5 Å². The molecule has 4 nitrogen and oxygen atoms in total. The van der Waals surface area contributed by atoms with E-state index < -0.39 is 11.8 Å². The zero-order valence-electron chi connectivity index (χ0n) is 13.9. The van der Waals surface area contributed by atoms with Gasteiger partial charge in [-0.05, 0) is 36.6 Å². The predicted molar refractivity (Wildman–Crippen MR) is 96.5 cm³/mol. The van der Waals surface area contributed by atoms with Crippen molar-refractivity contribution in [2.24, 2.45) is 0 Å². The fraction of sp³-hybridized carbons (Fsp3) is 0.200. The SMILES string of the molecule is O=C(OCc1ccccc1)c1c(-c2cc(Cl)ccc2F)nn2c1CCC2. The molecule has 0 bridgehead atoms. The predicted octanol–water partition coefficient (Wildman–Crippen LogP) is 4.65. The Morgan fingerprint density at radius 2 is 2.04 bits per heavy atom. The summed E-state index contributed by atoms with van der Waals surface area (Å²) < 4.78 is 21.6. The van der Waals surface area contributed by atoms with E-state index in [4.69, 9.17) is 16.3 Å². The highest BCUT2D eigenvalue weighted by Gasteiger charge is 2.29. The van der Waals surface area contributed by atoms with Gasteiger partial charge in [0.25, 0.3) is 0 Å². The van der Waals surface area contributed by atoms with E-state index in [0.29, 0.717) is 23.6 Å². The van der Waals surface area contributed by atoms with Crippen molar-refractivity contribution in [2.75, 3.05) is 0 Å². The number of carbonyl (C=O) groups is 1. The number of halogens is 2. The molecule has 6 heteroatoms. The summed E-state index contributed by atoms with van der Waals surface area (Å²) in [5.74, 6) is -0.963. The van der Waals surface area contributed by atoms with E-state index in [1.54, 1.807) is 4.68 Å². The van der Waals surface area contributed by atoms with Crippen molar-refractivity contribution in [3.8, 4) is 11.3 Å². The molecule has 0 N–H and O–H groups in total. The Morgan fingerprint density at radius 3 is 2.85 bits per heavy atom. The second-order valence-corrected chi connectivity index (χ2v) is 6.62. The monoisotopic (exact) mass is 370 g/mol. The fourth-order valence-corrected chi connectivity index (χ4v) is 3.38. The Bertz CT molecular complexity index is 969. The highest BCUT2D eigenvalue weighted by Crippen LogP contribution is 2.33. The molecule has 0 atom stereocenters. The number of ether oxygens (including phenoxy) is 1. The van der Waals surface area contributed by atoms with Crippen molar-refractivity contribution in [1.82, 2.24) is 9.78 Å². The second kappa shape index (κ2) is 6.92. The van der Waals surface area contributed by atoms with Crippen molar-refractivity contribution >= 4 is 17.6 Å².